The zero-order valence-electron chi connectivity index (χ0n) is 12.0. The quantitative estimate of drug-likeness (QED) is 0.424. The molecule has 5 heteroatoms. The number of rotatable bonds is 7. The van der Waals surface area contributed by atoms with Gasteiger partial charge in [0.05, 0.1) is 0 Å². The van der Waals surface area contributed by atoms with Gasteiger partial charge in [0.1, 0.15) is 0 Å². The fourth-order valence-electron chi connectivity index (χ4n) is 1.95. The van der Waals surface area contributed by atoms with Crippen LogP contribution in [0.1, 0.15) is 51.9 Å². The fraction of sp³-hybridized carbons (Fsp3) is 0.600. The minimum absolute atomic E-state index is 0.134. The first kappa shape index (κ1) is 17.0. The number of amides is 2. The second kappa shape index (κ2) is 9.75. The summed E-state index contributed by atoms with van der Waals surface area (Å²) in [5.74, 6) is -0.407. The van der Waals surface area contributed by atoms with Crippen LogP contribution in [0.3, 0.4) is 0 Å². The molecular formula is C15H23BrN2O2. The van der Waals surface area contributed by atoms with Crippen LogP contribution in [0.2, 0.25) is 0 Å². The van der Waals surface area contributed by atoms with Crippen LogP contribution in [0.5, 0.6) is 0 Å². The average molecular weight is 343 g/mol. The Morgan fingerprint density at radius 2 is 2.00 bits per heavy atom. The summed E-state index contributed by atoms with van der Waals surface area (Å²) in [6.45, 7) is 2.16. The van der Waals surface area contributed by atoms with Crippen LogP contribution in [0, 0.1) is 0 Å². The zero-order chi connectivity index (χ0) is 14.8. The van der Waals surface area contributed by atoms with Crippen molar-refractivity contribution in [3.05, 3.63) is 23.8 Å². The topological polar surface area (TPSA) is 58.2 Å². The number of alkyl halides is 1. The van der Waals surface area contributed by atoms with Crippen LogP contribution in [0.15, 0.2) is 23.8 Å². The number of hydrogen-bond acceptors (Lipinski definition) is 2. The van der Waals surface area contributed by atoms with Crippen molar-refractivity contribution in [3.63, 3.8) is 0 Å². The largest absolute Gasteiger partial charge is 0.273 e. The maximum Gasteiger partial charge on any atom is 0.269 e. The molecule has 0 spiro atoms. The van der Waals surface area contributed by atoms with Gasteiger partial charge in [-0.1, -0.05) is 66.8 Å². The van der Waals surface area contributed by atoms with Crippen LogP contribution in [-0.2, 0) is 9.59 Å². The third-order valence-corrected chi connectivity index (χ3v) is 3.74. The number of allylic oxidation sites excluding steroid dienone is 2. The van der Waals surface area contributed by atoms with Crippen molar-refractivity contribution < 1.29 is 9.59 Å². The molecule has 0 aromatic rings. The third kappa shape index (κ3) is 6.89. The lowest BCUT2D eigenvalue weighted by Gasteiger charge is -2.12. The number of halogens is 1. The molecule has 1 unspecified atom stereocenters. The van der Waals surface area contributed by atoms with Crippen molar-refractivity contribution in [3.8, 4) is 0 Å². The third-order valence-electron chi connectivity index (χ3n) is 3.10. The molecular weight excluding hydrogens is 320 g/mol. The van der Waals surface area contributed by atoms with E-state index in [9.17, 15) is 9.59 Å². The minimum atomic E-state index is -0.273. The Morgan fingerprint density at radius 3 is 2.70 bits per heavy atom. The van der Waals surface area contributed by atoms with E-state index >= 15 is 0 Å². The summed E-state index contributed by atoms with van der Waals surface area (Å²) >= 11 is 3.44. The number of unbranched alkanes of at least 4 members (excludes halogenated alkanes) is 4. The standard InChI is InChI=1S/C15H23BrN2O2/c1-2-3-4-5-6-10-14(19)17-18-15(20)12-8-7-9-13(16)11-12/h7-8,11,13H,2-6,9-10H2,1H3,(H,17,19)(H,18,20). The first-order chi connectivity index (χ1) is 9.63. The molecule has 0 aromatic heterocycles. The molecule has 2 amide bonds. The Hall–Kier alpha value is -1.10. The van der Waals surface area contributed by atoms with Crippen molar-refractivity contribution >= 4 is 27.7 Å². The maximum atomic E-state index is 11.8. The zero-order valence-corrected chi connectivity index (χ0v) is 13.5. The minimum Gasteiger partial charge on any atom is -0.273 e. The van der Waals surface area contributed by atoms with Gasteiger partial charge in [0.15, 0.2) is 0 Å². The van der Waals surface area contributed by atoms with E-state index in [4.69, 9.17) is 0 Å². The van der Waals surface area contributed by atoms with E-state index in [2.05, 4.69) is 33.7 Å². The molecule has 2 N–H and O–H groups in total. The van der Waals surface area contributed by atoms with Crippen molar-refractivity contribution in [2.45, 2.75) is 56.7 Å². The predicted octanol–water partition coefficient (Wildman–Crippen LogP) is 3.14. The highest BCUT2D eigenvalue weighted by Gasteiger charge is 2.12. The molecule has 4 nitrogen and oxygen atoms in total. The Bertz CT molecular complexity index is 391. The second-order valence-corrected chi connectivity index (χ2v) is 6.12. The summed E-state index contributed by atoms with van der Waals surface area (Å²) in [5, 5.41) is 0. The highest BCUT2D eigenvalue weighted by Crippen LogP contribution is 2.16. The molecule has 1 aliphatic carbocycles. The van der Waals surface area contributed by atoms with Gasteiger partial charge in [-0.3, -0.25) is 20.4 Å². The van der Waals surface area contributed by atoms with Crippen molar-refractivity contribution in [2.75, 3.05) is 0 Å². The Labute approximate surface area is 129 Å². The van der Waals surface area contributed by atoms with E-state index in [0.29, 0.717) is 12.0 Å². The van der Waals surface area contributed by atoms with E-state index < -0.39 is 0 Å². The lowest BCUT2D eigenvalue weighted by molar-refractivity contribution is -0.127. The monoisotopic (exact) mass is 342 g/mol. The molecule has 0 heterocycles. The molecule has 0 saturated heterocycles. The number of carbonyl (C=O) groups excluding carboxylic acids is 2. The summed E-state index contributed by atoms with van der Waals surface area (Å²) in [6, 6.07) is 0. The highest BCUT2D eigenvalue weighted by molar-refractivity contribution is 9.09. The van der Waals surface area contributed by atoms with E-state index in [1.807, 2.05) is 12.2 Å². The Morgan fingerprint density at radius 1 is 1.25 bits per heavy atom. The van der Waals surface area contributed by atoms with Gasteiger partial charge in [0.25, 0.3) is 5.91 Å². The normalized spacial score (nSPS) is 17.5. The summed E-state index contributed by atoms with van der Waals surface area (Å²) < 4.78 is 0. The molecule has 1 aliphatic rings. The van der Waals surface area contributed by atoms with Crippen LogP contribution in [0.25, 0.3) is 0 Å². The molecule has 0 radical (unpaired) electrons. The second-order valence-electron chi connectivity index (χ2n) is 4.94. The van der Waals surface area contributed by atoms with Gasteiger partial charge in [-0.25, -0.2) is 0 Å². The summed E-state index contributed by atoms with van der Waals surface area (Å²) in [4.78, 5) is 23.5. The van der Waals surface area contributed by atoms with Crippen molar-refractivity contribution in [1.82, 2.24) is 10.9 Å². The molecule has 0 bridgehead atoms. The van der Waals surface area contributed by atoms with E-state index in [1.54, 1.807) is 6.08 Å². The van der Waals surface area contributed by atoms with Crippen LogP contribution in [-0.4, -0.2) is 16.6 Å². The first-order valence-corrected chi connectivity index (χ1v) is 8.16. The first-order valence-electron chi connectivity index (χ1n) is 7.25. The molecule has 0 aliphatic heterocycles. The van der Waals surface area contributed by atoms with Crippen LogP contribution >= 0.6 is 15.9 Å². The molecule has 20 heavy (non-hydrogen) atoms. The average Bonchev–Trinajstić information content (AvgIpc) is 2.44. The van der Waals surface area contributed by atoms with Gasteiger partial charge in [-0.2, -0.15) is 0 Å². The predicted molar refractivity (Wildman–Crippen MR) is 84.2 cm³/mol. The van der Waals surface area contributed by atoms with Gasteiger partial charge in [0.2, 0.25) is 5.91 Å². The van der Waals surface area contributed by atoms with Gasteiger partial charge in [-0.15, -0.1) is 0 Å². The van der Waals surface area contributed by atoms with Crippen LogP contribution in [0.4, 0.5) is 0 Å². The number of hydrazine groups is 1. The molecule has 1 rings (SSSR count). The molecule has 0 fully saturated rings. The molecule has 1 atom stereocenters. The van der Waals surface area contributed by atoms with Crippen molar-refractivity contribution in [1.29, 1.82) is 0 Å². The van der Waals surface area contributed by atoms with Gasteiger partial charge < -0.3 is 0 Å². The van der Waals surface area contributed by atoms with Gasteiger partial charge in [0, 0.05) is 16.8 Å². The lowest BCUT2D eigenvalue weighted by atomic mass is 10.1. The Kier molecular flexibility index (Phi) is 8.26. The van der Waals surface area contributed by atoms with Gasteiger partial charge in [-0.05, 0) is 12.8 Å². The summed E-state index contributed by atoms with van der Waals surface area (Å²) in [7, 11) is 0. The van der Waals surface area contributed by atoms with E-state index in [-0.39, 0.29) is 16.6 Å². The SMILES string of the molecule is CCCCCCCC(=O)NNC(=O)C1=CC(Br)CC=C1. The number of carbonyl (C=O) groups is 2. The van der Waals surface area contributed by atoms with Crippen molar-refractivity contribution in [2.24, 2.45) is 0 Å². The van der Waals surface area contributed by atoms with Gasteiger partial charge >= 0.3 is 0 Å². The molecule has 112 valence electrons. The van der Waals surface area contributed by atoms with E-state index in [1.165, 1.54) is 19.3 Å². The fourth-order valence-corrected chi connectivity index (χ4v) is 2.45. The highest BCUT2D eigenvalue weighted by atomic mass is 79.9. The molecule has 0 saturated carbocycles. The smallest absolute Gasteiger partial charge is 0.269 e. The summed E-state index contributed by atoms with van der Waals surface area (Å²) in [6.07, 6.45) is 12.4. The summed E-state index contributed by atoms with van der Waals surface area (Å²) in [5.41, 5.74) is 5.47. The molecule has 0 aromatic carbocycles. The number of hydrogen-bond donors (Lipinski definition) is 2. The maximum absolute atomic E-state index is 11.8. The van der Waals surface area contributed by atoms with Crippen LogP contribution < -0.4 is 10.9 Å². The lowest BCUT2D eigenvalue weighted by Crippen LogP contribution is -2.42. The Balaban J connectivity index is 2.17. The number of nitrogens with one attached hydrogen (secondary N) is 2. The van der Waals surface area contributed by atoms with E-state index in [0.717, 1.165) is 19.3 Å².